The molecule has 0 radical (unpaired) electrons. The molecule has 0 bridgehead atoms. The minimum absolute atomic E-state index is 0.246. The van der Waals surface area contributed by atoms with Gasteiger partial charge in [0.15, 0.2) is 0 Å². The number of hydrogen-bond acceptors (Lipinski definition) is 8. The minimum Gasteiger partial charge on any atom is -0.394 e. The molecule has 1 spiro atoms. The maximum Gasteiger partial charge on any atom is 0.258 e. The molecule has 1 amide bonds. The Balaban J connectivity index is 1.41. The second-order valence-corrected chi connectivity index (χ2v) is 10.9. The summed E-state index contributed by atoms with van der Waals surface area (Å²) in [6.07, 6.45) is 1.68. The van der Waals surface area contributed by atoms with Crippen molar-refractivity contribution in [3.05, 3.63) is 74.3 Å². The molecule has 3 aromatic heterocycles. The van der Waals surface area contributed by atoms with E-state index >= 15 is 0 Å². The predicted molar refractivity (Wildman–Crippen MR) is 142 cm³/mol. The number of rotatable bonds is 6. The van der Waals surface area contributed by atoms with Gasteiger partial charge in [-0.25, -0.2) is 9.97 Å². The van der Waals surface area contributed by atoms with Crippen LogP contribution in [0.3, 0.4) is 0 Å². The summed E-state index contributed by atoms with van der Waals surface area (Å²) in [5.74, 6) is 0.895. The molecule has 2 aliphatic heterocycles. The first-order chi connectivity index (χ1) is 17.8. The van der Waals surface area contributed by atoms with Crippen LogP contribution in [0.1, 0.15) is 32.5 Å². The Bertz CT molecular complexity index is 1530. The largest absolute Gasteiger partial charge is 0.394 e. The third-order valence-electron chi connectivity index (χ3n) is 6.71. The average molecular weight is 557 g/mol. The van der Waals surface area contributed by atoms with E-state index < -0.39 is 11.6 Å². The quantitative estimate of drug-likeness (QED) is 0.354. The number of fused-ring (bicyclic) bond motifs is 2. The molecular weight excluding hydrogens is 535 g/mol. The van der Waals surface area contributed by atoms with Crippen LogP contribution in [-0.4, -0.2) is 55.5 Å². The molecule has 0 saturated carbocycles. The van der Waals surface area contributed by atoms with E-state index in [0.717, 1.165) is 22.0 Å². The molecular formula is C25H22Cl2N6O3S. The first-order valence-corrected chi connectivity index (χ1v) is 13.1. The lowest BCUT2D eigenvalue weighted by molar-refractivity contribution is -0.139. The number of thiophene rings is 1. The second kappa shape index (κ2) is 9.07. The SMILES string of the molecule is Cc1cc(-c2sc3c(c2Cl)C(=O)N(C(CO)c2cccc(Cl)c2)C32COC2)nc(Nc2ccnn2C)n1. The van der Waals surface area contributed by atoms with Crippen molar-refractivity contribution in [2.24, 2.45) is 7.05 Å². The van der Waals surface area contributed by atoms with Crippen molar-refractivity contribution in [1.29, 1.82) is 0 Å². The van der Waals surface area contributed by atoms with Crippen molar-refractivity contribution in [3.8, 4) is 10.6 Å². The van der Waals surface area contributed by atoms with Gasteiger partial charge in [0.2, 0.25) is 5.95 Å². The van der Waals surface area contributed by atoms with Crippen molar-refractivity contribution >= 4 is 52.2 Å². The number of carbonyl (C=O) groups excluding carboxylic acids is 1. The lowest BCUT2D eigenvalue weighted by Crippen LogP contribution is -2.58. The van der Waals surface area contributed by atoms with Gasteiger partial charge in [0.1, 0.15) is 11.4 Å². The maximum atomic E-state index is 13.9. The van der Waals surface area contributed by atoms with E-state index in [0.29, 0.717) is 45.3 Å². The highest BCUT2D eigenvalue weighted by Gasteiger charge is 2.59. The van der Waals surface area contributed by atoms with Gasteiger partial charge in [-0.3, -0.25) is 9.48 Å². The van der Waals surface area contributed by atoms with Gasteiger partial charge in [-0.05, 0) is 30.7 Å². The van der Waals surface area contributed by atoms with Crippen LogP contribution >= 0.6 is 34.5 Å². The highest BCUT2D eigenvalue weighted by Crippen LogP contribution is 2.56. The van der Waals surface area contributed by atoms with E-state index in [2.05, 4.69) is 20.4 Å². The Hall–Kier alpha value is -3.02. The van der Waals surface area contributed by atoms with Gasteiger partial charge in [0, 0.05) is 23.8 Å². The molecule has 2 N–H and O–H groups in total. The van der Waals surface area contributed by atoms with E-state index in [-0.39, 0.29) is 12.5 Å². The number of halogens is 2. The molecule has 190 valence electrons. The number of carbonyl (C=O) groups is 1. The molecule has 5 heterocycles. The van der Waals surface area contributed by atoms with E-state index in [4.69, 9.17) is 27.9 Å². The van der Waals surface area contributed by atoms with Crippen LogP contribution in [0.2, 0.25) is 10.0 Å². The van der Waals surface area contributed by atoms with Crippen molar-refractivity contribution in [2.45, 2.75) is 18.5 Å². The van der Waals surface area contributed by atoms with Crippen molar-refractivity contribution < 1.29 is 14.6 Å². The van der Waals surface area contributed by atoms with Gasteiger partial charge in [-0.15, -0.1) is 11.3 Å². The zero-order valence-corrected chi connectivity index (χ0v) is 22.2. The number of anilines is 2. The number of nitrogens with one attached hydrogen (secondary N) is 1. The fourth-order valence-corrected chi connectivity index (χ4v) is 6.87. The van der Waals surface area contributed by atoms with E-state index in [1.54, 1.807) is 34.0 Å². The molecule has 37 heavy (non-hydrogen) atoms. The normalized spacial score (nSPS) is 16.7. The average Bonchev–Trinajstić information content (AvgIpc) is 3.47. The van der Waals surface area contributed by atoms with Crippen molar-refractivity contribution in [2.75, 3.05) is 25.1 Å². The van der Waals surface area contributed by atoms with Gasteiger partial charge in [-0.2, -0.15) is 5.10 Å². The predicted octanol–water partition coefficient (Wildman–Crippen LogP) is 4.71. The highest BCUT2D eigenvalue weighted by molar-refractivity contribution is 7.17. The molecule has 1 atom stereocenters. The lowest BCUT2D eigenvalue weighted by Gasteiger charge is -2.48. The first-order valence-electron chi connectivity index (χ1n) is 11.5. The number of aliphatic hydroxyl groups is 1. The summed E-state index contributed by atoms with van der Waals surface area (Å²) in [6.45, 7) is 2.24. The maximum absolute atomic E-state index is 13.9. The van der Waals surface area contributed by atoms with Crippen LogP contribution in [0.15, 0.2) is 42.6 Å². The Morgan fingerprint density at radius 2 is 2.05 bits per heavy atom. The molecule has 9 nitrogen and oxygen atoms in total. The van der Waals surface area contributed by atoms with Crippen molar-refractivity contribution in [3.63, 3.8) is 0 Å². The van der Waals surface area contributed by atoms with E-state index in [9.17, 15) is 9.90 Å². The van der Waals surface area contributed by atoms with E-state index in [1.807, 2.05) is 32.2 Å². The third-order valence-corrected chi connectivity index (χ3v) is 8.84. The molecule has 4 aromatic rings. The summed E-state index contributed by atoms with van der Waals surface area (Å²) in [5, 5.41) is 18.6. The van der Waals surface area contributed by atoms with Gasteiger partial charge >= 0.3 is 0 Å². The summed E-state index contributed by atoms with van der Waals surface area (Å²) < 4.78 is 7.31. The Morgan fingerprint density at radius 3 is 2.70 bits per heavy atom. The highest BCUT2D eigenvalue weighted by atomic mass is 35.5. The second-order valence-electron chi connectivity index (χ2n) is 9.09. The topological polar surface area (TPSA) is 105 Å². The third kappa shape index (κ3) is 3.82. The summed E-state index contributed by atoms with van der Waals surface area (Å²) in [5.41, 5.74) is 1.83. The van der Waals surface area contributed by atoms with Crippen LogP contribution in [0.25, 0.3) is 10.6 Å². The molecule has 1 saturated heterocycles. The minimum atomic E-state index is -0.716. The van der Waals surface area contributed by atoms with Gasteiger partial charge in [0.25, 0.3) is 5.91 Å². The first kappa shape index (κ1) is 24.3. The standard InChI is InChI=1S/C25H22Cl2N6O3S/c1-13-8-16(30-24(29-13)31-18-6-7-28-32(18)2)21-20(27)19-22(37-21)25(11-36-12-25)33(23(19)35)17(10-34)14-4-3-5-15(26)9-14/h3-9,17,34H,10-12H2,1-2H3,(H,29,30,31). The fraction of sp³-hybridized carbons (Fsp3) is 0.280. The van der Waals surface area contributed by atoms with Gasteiger partial charge < -0.3 is 20.1 Å². The van der Waals surface area contributed by atoms with Crippen LogP contribution in [-0.2, 0) is 17.3 Å². The number of aliphatic hydroxyl groups excluding tert-OH is 1. The summed E-state index contributed by atoms with van der Waals surface area (Å²) in [7, 11) is 1.82. The number of aromatic nitrogens is 4. The molecule has 12 heteroatoms. The zero-order chi connectivity index (χ0) is 25.9. The number of amides is 1. The molecule has 0 aliphatic carbocycles. The van der Waals surface area contributed by atoms with Crippen molar-refractivity contribution in [1.82, 2.24) is 24.6 Å². The smallest absolute Gasteiger partial charge is 0.258 e. The fourth-order valence-electron chi connectivity index (χ4n) is 4.93. The van der Waals surface area contributed by atoms with Gasteiger partial charge in [-0.1, -0.05) is 35.3 Å². The number of ether oxygens (including phenoxy) is 1. The van der Waals surface area contributed by atoms with Gasteiger partial charge in [0.05, 0.1) is 58.1 Å². The Kier molecular flexibility index (Phi) is 5.96. The van der Waals surface area contributed by atoms with E-state index in [1.165, 1.54) is 11.3 Å². The summed E-state index contributed by atoms with van der Waals surface area (Å²) in [6, 6.07) is 10.3. The number of nitrogens with zero attached hydrogens (tertiary/aromatic N) is 5. The Morgan fingerprint density at radius 1 is 1.24 bits per heavy atom. The molecule has 6 rings (SSSR count). The number of aryl methyl sites for hydroxylation is 2. The molecule has 1 unspecified atom stereocenters. The van der Waals surface area contributed by atoms with Crippen LogP contribution < -0.4 is 5.32 Å². The number of hydrogen-bond donors (Lipinski definition) is 2. The molecule has 1 aromatic carbocycles. The zero-order valence-electron chi connectivity index (χ0n) is 19.9. The Labute approximate surface area is 226 Å². The van der Waals surface area contributed by atoms with Crippen LogP contribution in [0, 0.1) is 6.92 Å². The van der Waals surface area contributed by atoms with Crippen LogP contribution in [0.5, 0.6) is 0 Å². The monoisotopic (exact) mass is 556 g/mol. The summed E-state index contributed by atoms with van der Waals surface area (Å²) in [4.78, 5) is 26.3. The molecule has 2 aliphatic rings. The molecule has 1 fully saturated rings. The lowest BCUT2D eigenvalue weighted by atomic mass is 9.92. The van der Waals surface area contributed by atoms with Crippen LogP contribution in [0.4, 0.5) is 11.8 Å². The summed E-state index contributed by atoms with van der Waals surface area (Å²) >= 11 is 14.6. The number of benzene rings is 1.